The predicted octanol–water partition coefficient (Wildman–Crippen LogP) is 3.22. The average molecular weight is 306 g/mol. The standard InChI is InChI=1S/C15H12ClNO4/c1-9(18)21-12-5-2-10(3-6-12)15(20)17-14-7-4-11(19)8-13(14)16/h2-8,19H,1H3,(H,17,20). The molecule has 1 amide bonds. The van der Waals surface area contributed by atoms with Gasteiger partial charge in [0.2, 0.25) is 0 Å². The lowest BCUT2D eigenvalue weighted by Gasteiger charge is -2.08. The Morgan fingerprint density at radius 1 is 1.14 bits per heavy atom. The number of aromatic hydroxyl groups is 1. The second-order valence-electron chi connectivity index (χ2n) is 4.24. The molecule has 21 heavy (non-hydrogen) atoms. The molecule has 2 aromatic carbocycles. The van der Waals surface area contributed by atoms with Gasteiger partial charge >= 0.3 is 5.97 Å². The predicted molar refractivity (Wildman–Crippen MR) is 78.8 cm³/mol. The number of anilines is 1. The summed E-state index contributed by atoms with van der Waals surface area (Å²) in [7, 11) is 0. The first-order valence-electron chi connectivity index (χ1n) is 6.04. The highest BCUT2D eigenvalue weighted by Gasteiger charge is 2.09. The van der Waals surface area contributed by atoms with E-state index in [1.807, 2.05) is 0 Å². The molecule has 0 radical (unpaired) electrons. The number of esters is 1. The van der Waals surface area contributed by atoms with E-state index in [0.29, 0.717) is 17.0 Å². The van der Waals surface area contributed by atoms with Crippen molar-refractivity contribution >= 4 is 29.2 Å². The Hall–Kier alpha value is -2.53. The quantitative estimate of drug-likeness (QED) is 0.518. The first kappa shape index (κ1) is 14.9. The number of rotatable bonds is 3. The molecule has 0 heterocycles. The van der Waals surface area contributed by atoms with Gasteiger partial charge < -0.3 is 15.2 Å². The molecule has 2 rings (SSSR count). The van der Waals surface area contributed by atoms with Gasteiger partial charge in [-0.1, -0.05) is 11.6 Å². The number of hydrogen-bond acceptors (Lipinski definition) is 4. The van der Waals surface area contributed by atoms with Crippen molar-refractivity contribution in [2.45, 2.75) is 6.92 Å². The van der Waals surface area contributed by atoms with Crippen molar-refractivity contribution in [1.29, 1.82) is 0 Å². The smallest absolute Gasteiger partial charge is 0.308 e. The lowest BCUT2D eigenvalue weighted by atomic mass is 10.2. The molecule has 0 atom stereocenters. The van der Waals surface area contributed by atoms with Crippen LogP contribution in [0.25, 0.3) is 0 Å². The third kappa shape index (κ3) is 3.97. The average Bonchev–Trinajstić information content (AvgIpc) is 2.42. The first-order chi connectivity index (χ1) is 9.95. The fraction of sp³-hybridized carbons (Fsp3) is 0.0667. The lowest BCUT2D eigenvalue weighted by molar-refractivity contribution is -0.131. The van der Waals surface area contributed by atoms with Crippen LogP contribution < -0.4 is 10.1 Å². The minimum absolute atomic E-state index is 0.0173. The number of benzene rings is 2. The molecule has 0 saturated carbocycles. The number of carbonyl (C=O) groups is 2. The number of nitrogens with one attached hydrogen (secondary N) is 1. The summed E-state index contributed by atoms with van der Waals surface area (Å²) in [4.78, 5) is 22.8. The van der Waals surface area contributed by atoms with Crippen LogP contribution in [0, 0.1) is 0 Å². The molecule has 0 fully saturated rings. The van der Waals surface area contributed by atoms with Crippen molar-refractivity contribution in [3.05, 3.63) is 53.1 Å². The molecular weight excluding hydrogens is 294 g/mol. The minimum atomic E-state index is -0.428. The summed E-state index contributed by atoms with van der Waals surface area (Å²) in [6, 6.07) is 10.4. The van der Waals surface area contributed by atoms with Crippen molar-refractivity contribution in [3.8, 4) is 11.5 Å². The van der Waals surface area contributed by atoms with Gasteiger partial charge in [0.25, 0.3) is 5.91 Å². The summed E-state index contributed by atoms with van der Waals surface area (Å²) in [6.45, 7) is 1.30. The van der Waals surface area contributed by atoms with E-state index in [1.165, 1.54) is 49.4 Å². The minimum Gasteiger partial charge on any atom is -0.508 e. The van der Waals surface area contributed by atoms with Gasteiger partial charge in [-0.3, -0.25) is 9.59 Å². The van der Waals surface area contributed by atoms with E-state index < -0.39 is 5.97 Å². The highest BCUT2D eigenvalue weighted by molar-refractivity contribution is 6.34. The highest BCUT2D eigenvalue weighted by atomic mass is 35.5. The molecule has 0 unspecified atom stereocenters. The highest BCUT2D eigenvalue weighted by Crippen LogP contribution is 2.26. The lowest BCUT2D eigenvalue weighted by Crippen LogP contribution is -2.12. The van der Waals surface area contributed by atoms with E-state index in [1.54, 1.807) is 0 Å². The summed E-state index contributed by atoms with van der Waals surface area (Å²) in [6.07, 6.45) is 0. The summed E-state index contributed by atoms with van der Waals surface area (Å²) in [5.74, 6) is -0.412. The number of carbonyl (C=O) groups excluding carboxylic acids is 2. The second-order valence-corrected chi connectivity index (χ2v) is 4.64. The largest absolute Gasteiger partial charge is 0.508 e. The van der Waals surface area contributed by atoms with Crippen LogP contribution >= 0.6 is 11.6 Å². The normalized spacial score (nSPS) is 10.0. The summed E-state index contributed by atoms with van der Waals surface area (Å²) in [5.41, 5.74) is 0.776. The van der Waals surface area contributed by atoms with Crippen molar-refractivity contribution < 1.29 is 19.4 Å². The van der Waals surface area contributed by atoms with Gasteiger partial charge in [-0.15, -0.1) is 0 Å². The van der Waals surface area contributed by atoms with Gasteiger partial charge in [0.1, 0.15) is 11.5 Å². The van der Waals surface area contributed by atoms with Crippen molar-refractivity contribution in [2.75, 3.05) is 5.32 Å². The van der Waals surface area contributed by atoms with Gasteiger partial charge in [-0.25, -0.2) is 0 Å². The van der Waals surface area contributed by atoms with E-state index in [0.717, 1.165) is 0 Å². The fourth-order valence-corrected chi connectivity index (χ4v) is 1.86. The first-order valence-corrected chi connectivity index (χ1v) is 6.42. The summed E-state index contributed by atoms with van der Waals surface area (Å²) >= 11 is 5.91. The van der Waals surface area contributed by atoms with Crippen molar-refractivity contribution in [2.24, 2.45) is 0 Å². The molecule has 0 saturated heterocycles. The Bertz CT molecular complexity index is 683. The molecule has 0 aliphatic heterocycles. The van der Waals surface area contributed by atoms with Crippen LogP contribution in [0.4, 0.5) is 5.69 Å². The molecule has 108 valence electrons. The van der Waals surface area contributed by atoms with Crippen molar-refractivity contribution in [3.63, 3.8) is 0 Å². The number of ether oxygens (including phenoxy) is 1. The van der Waals surface area contributed by atoms with Gasteiger partial charge in [0.05, 0.1) is 10.7 Å². The van der Waals surface area contributed by atoms with E-state index >= 15 is 0 Å². The molecule has 6 heteroatoms. The van der Waals surface area contributed by atoms with Crippen molar-refractivity contribution in [1.82, 2.24) is 0 Å². The van der Waals surface area contributed by atoms with Crippen LogP contribution in [0.5, 0.6) is 11.5 Å². The molecule has 0 spiro atoms. The molecular formula is C15H12ClNO4. The van der Waals surface area contributed by atoms with Crippen LogP contribution in [0.1, 0.15) is 17.3 Å². The molecule has 5 nitrogen and oxygen atoms in total. The Morgan fingerprint density at radius 2 is 1.81 bits per heavy atom. The van der Waals surface area contributed by atoms with Gasteiger partial charge in [-0.05, 0) is 36.4 Å². The van der Waals surface area contributed by atoms with E-state index in [2.05, 4.69) is 5.32 Å². The Labute approximate surface area is 126 Å². The van der Waals surface area contributed by atoms with Gasteiger partial charge in [-0.2, -0.15) is 0 Å². The van der Waals surface area contributed by atoms with Gasteiger partial charge in [0.15, 0.2) is 0 Å². The zero-order valence-electron chi connectivity index (χ0n) is 11.1. The number of amides is 1. The Morgan fingerprint density at radius 3 is 2.38 bits per heavy atom. The summed E-state index contributed by atoms with van der Waals surface area (Å²) < 4.78 is 4.88. The zero-order chi connectivity index (χ0) is 15.4. The third-order valence-corrected chi connectivity index (χ3v) is 2.89. The Kier molecular flexibility index (Phi) is 4.45. The maximum Gasteiger partial charge on any atom is 0.308 e. The van der Waals surface area contributed by atoms with Crippen LogP contribution in [0.2, 0.25) is 5.02 Å². The number of phenolic OH excluding ortho intramolecular Hbond substituents is 1. The monoisotopic (exact) mass is 305 g/mol. The topological polar surface area (TPSA) is 75.6 Å². The third-order valence-electron chi connectivity index (χ3n) is 2.58. The summed E-state index contributed by atoms with van der Waals surface area (Å²) in [5, 5.41) is 12.1. The van der Waals surface area contributed by atoms with E-state index in [-0.39, 0.29) is 16.7 Å². The Balaban J connectivity index is 2.11. The van der Waals surface area contributed by atoms with Gasteiger partial charge in [0, 0.05) is 18.6 Å². The van der Waals surface area contributed by atoms with Crippen LogP contribution in [0.15, 0.2) is 42.5 Å². The number of phenols is 1. The molecule has 0 aromatic heterocycles. The van der Waals surface area contributed by atoms with Crippen LogP contribution in [0.3, 0.4) is 0 Å². The van der Waals surface area contributed by atoms with E-state index in [4.69, 9.17) is 16.3 Å². The molecule has 0 bridgehead atoms. The zero-order valence-corrected chi connectivity index (χ0v) is 11.8. The molecule has 2 N–H and O–H groups in total. The fourth-order valence-electron chi connectivity index (χ4n) is 1.64. The van der Waals surface area contributed by atoms with Crippen LogP contribution in [-0.2, 0) is 4.79 Å². The SMILES string of the molecule is CC(=O)Oc1ccc(C(=O)Nc2ccc(O)cc2Cl)cc1. The maximum atomic E-state index is 12.0. The van der Waals surface area contributed by atoms with Crippen LogP contribution in [-0.4, -0.2) is 17.0 Å². The van der Waals surface area contributed by atoms with E-state index in [9.17, 15) is 14.7 Å². The molecule has 2 aromatic rings. The molecule has 0 aliphatic carbocycles. The second kappa shape index (κ2) is 6.28. The number of halogens is 1. The molecule has 0 aliphatic rings. The maximum absolute atomic E-state index is 12.0. The number of hydrogen-bond donors (Lipinski definition) is 2.